The Labute approximate surface area is 89.4 Å². The topological polar surface area (TPSA) is 224 Å². The Morgan fingerprint density at radius 2 is 0.867 bits per heavy atom. The van der Waals surface area contributed by atoms with Crippen molar-refractivity contribution in [3.8, 4) is 0 Å². The predicted molar refractivity (Wildman–Crippen MR) is 61.3 cm³/mol. The number of rotatable bonds is 0. The smallest absolute Gasteiger partial charge is 0.183 e. The van der Waals surface area contributed by atoms with Gasteiger partial charge in [-0.2, -0.15) is 0 Å². The molecule has 0 atom stereocenters. The Morgan fingerprint density at radius 3 is 0.867 bits per heavy atom. The number of aliphatic hydroxyl groups is 2. The van der Waals surface area contributed by atoms with E-state index in [4.69, 9.17) is 21.0 Å². The normalized spacial score (nSPS) is 5.60. The first-order valence-corrected chi connectivity index (χ1v) is 3.70. The first-order valence-electron chi connectivity index (χ1n) is 3.70. The van der Waals surface area contributed by atoms with Gasteiger partial charge in [-0.05, 0) is 13.8 Å². The number of nitrogens with two attached hydrogens (primary N) is 4. The molecule has 0 aromatic heterocycles. The SMILES string of the molecule is CCO.CCO.N=C(N)N.N=C(N)N.O. The lowest BCUT2D eigenvalue weighted by molar-refractivity contribution is 0.318. The Kier molecular flexibility index (Phi) is 76.5. The van der Waals surface area contributed by atoms with Crippen LogP contribution in [0.1, 0.15) is 13.8 Å². The molecule has 0 aromatic carbocycles. The predicted octanol–water partition coefficient (Wildman–Crippen LogP) is -3.15. The van der Waals surface area contributed by atoms with Crippen molar-refractivity contribution >= 4 is 11.9 Å². The summed E-state index contributed by atoms with van der Waals surface area (Å²) in [6.07, 6.45) is 0. The number of aliphatic hydroxyl groups excluding tert-OH is 2. The second-order valence-electron chi connectivity index (χ2n) is 1.54. The molecule has 0 rings (SSSR count). The number of guanidine groups is 2. The van der Waals surface area contributed by atoms with Crippen molar-refractivity contribution in [3.05, 3.63) is 0 Å². The molecule has 0 aromatic rings. The van der Waals surface area contributed by atoms with Crippen LogP contribution in [0.25, 0.3) is 0 Å². The summed E-state index contributed by atoms with van der Waals surface area (Å²) < 4.78 is 0. The van der Waals surface area contributed by atoms with Crippen LogP contribution < -0.4 is 22.9 Å². The van der Waals surface area contributed by atoms with Gasteiger partial charge in [-0.15, -0.1) is 0 Å². The van der Waals surface area contributed by atoms with Crippen LogP contribution in [0.3, 0.4) is 0 Å². The molecule has 0 aliphatic rings. The Hall–Kier alpha value is -1.58. The van der Waals surface area contributed by atoms with Crippen LogP contribution >= 0.6 is 0 Å². The molecule has 14 N–H and O–H groups in total. The number of hydrogen-bond donors (Lipinski definition) is 8. The molecule has 0 unspecified atom stereocenters. The molecule has 0 saturated carbocycles. The zero-order valence-electron chi connectivity index (χ0n) is 9.12. The highest BCUT2D eigenvalue weighted by atomic mass is 16.3. The largest absolute Gasteiger partial charge is 0.412 e. The third kappa shape index (κ3) is 540. The Morgan fingerprint density at radius 1 is 0.867 bits per heavy atom. The summed E-state index contributed by atoms with van der Waals surface area (Å²) in [5.74, 6) is -0.667. The van der Waals surface area contributed by atoms with E-state index >= 15 is 0 Å². The van der Waals surface area contributed by atoms with Gasteiger partial charge < -0.3 is 38.6 Å². The van der Waals surface area contributed by atoms with E-state index in [1.165, 1.54) is 0 Å². The van der Waals surface area contributed by atoms with Crippen LogP contribution in [0, 0.1) is 10.8 Å². The van der Waals surface area contributed by atoms with Gasteiger partial charge in [-0.3, -0.25) is 10.8 Å². The highest BCUT2D eigenvalue weighted by molar-refractivity contribution is 5.72. The van der Waals surface area contributed by atoms with Gasteiger partial charge in [-0.1, -0.05) is 0 Å². The maximum absolute atomic E-state index is 7.57. The van der Waals surface area contributed by atoms with Gasteiger partial charge in [-0.25, -0.2) is 0 Å². The first kappa shape index (κ1) is 29.2. The van der Waals surface area contributed by atoms with Crippen molar-refractivity contribution in [1.29, 1.82) is 10.8 Å². The van der Waals surface area contributed by atoms with Crippen molar-refractivity contribution in [3.63, 3.8) is 0 Å². The highest BCUT2D eigenvalue weighted by Gasteiger charge is 1.52. The molecule has 96 valence electrons. The number of hydrogen-bond acceptors (Lipinski definition) is 4. The lowest BCUT2D eigenvalue weighted by atomic mass is 10.9. The van der Waals surface area contributed by atoms with Crippen LogP contribution in [-0.2, 0) is 0 Å². The summed E-state index contributed by atoms with van der Waals surface area (Å²) >= 11 is 0. The molecule has 0 heterocycles. The Balaban J connectivity index is -0.0000000293. The molecule has 9 nitrogen and oxygen atoms in total. The second kappa shape index (κ2) is 39.3. The van der Waals surface area contributed by atoms with Crippen molar-refractivity contribution in [2.24, 2.45) is 22.9 Å². The summed E-state index contributed by atoms with van der Waals surface area (Å²) in [4.78, 5) is 0. The van der Waals surface area contributed by atoms with Gasteiger partial charge in [0.15, 0.2) is 11.9 Å². The minimum Gasteiger partial charge on any atom is -0.412 e. The Bertz CT molecular complexity index is 99.4. The van der Waals surface area contributed by atoms with Crippen LogP contribution in [0.15, 0.2) is 0 Å². The molecular formula is C6H24N6O3. The summed E-state index contributed by atoms with van der Waals surface area (Å²) in [6.45, 7) is 3.86. The minimum absolute atomic E-state index is 0. The van der Waals surface area contributed by atoms with E-state index in [0.29, 0.717) is 0 Å². The van der Waals surface area contributed by atoms with Crippen LogP contribution in [0.5, 0.6) is 0 Å². The monoisotopic (exact) mass is 228 g/mol. The zero-order chi connectivity index (χ0) is 12.6. The molecule has 0 radical (unpaired) electrons. The van der Waals surface area contributed by atoms with Crippen molar-refractivity contribution < 1.29 is 15.7 Å². The highest BCUT2D eigenvalue weighted by Crippen LogP contribution is 1.30. The lowest BCUT2D eigenvalue weighted by Crippen LogP contribution is -2.20. The van der Waals surface area contributed by atoms with Crippen molar-refractivity contribution in [2.45, 2.75) is 13.8 Å². The molecule has 0 bridgehead atoms. The molecule has 0 aliphatic carbocycles. The number of nitrogens with one attached hydrogen (secondary N) is 2. The summed E-state index contributed by atoms with van der Waals surface area (Å²) in [7, 11) is 0. The minimum atomic E-state index is -0.333. The van der Waals surface area contributed by atoms with Crippen molar-refractivity contribution in [1.82, 2.24) is 0 Å². The average molecular weight is 228 g/mol. The lowest BCUT2D eigenvalue weighted by Gasteiger charge is -1.69. The fraction of sp³-hybridized carbons (Fsp3) is 0.667. The van der Waals surface area contributed by atoms with E-state index in [9.17, 15) is 0 Å². The van der Waals surface area contributed by atoms with Crippen LogP contribution in [0.4, 0.5) is 0 Å². The van der Waals surface area contributed by atoms with Gasteiger partial charge in [0.2, 0.25) is 0 Å². The van der Waals surface area contributed by atoms with E-state index in [1.54, 1.807) is 13.8 Å². The van der Waals surface area contributed by atoms with Gasteiger partial charge in [0.1, 0.15) is 0 Å². The van der Waals surface area contributed by atoms with Gasteiger partial charge in [0.05, 0.1) is 0 Å². The quantitative estimate of drug-likeness (QED) is 0.157. The van der Waals surface area contributed by atoms with Crippen LogP contribution in [0.2, 0.25) is 0 Å². The molecule has 0 fully saturated rings. The summed E-state index contributed by atoms with van der Waals surface area (Å²) in [5, 5.41) is 27.2. The molecule has 0 amide bonds. The molecule has 9 heteroatoms. The maximum Gasteiger partial charge on any atom is 0.183 e. The van der Waals surface area contributed by atoms with E-state index in [0.717, 1.165) is 0 Å². The van der Waals surface area contributed by atoms with Crippen LogP contribution in [-0.4, -0.2) is 40.8 Å². The molecule has 0 aliphatic heterocycles. The standard InChI is InChI=1S/2C2H6O.2CH5N3.H2O/c2*1-2-3;2*2-1(3)4;/h2*3H,2H2,1H3;2*(H5,2,3,4);1H2. The first-order chi connectivity index (χ1) is 6.29. The van der Waals surface area contributed by atoms with E-state index in [1.807, 2.05) is 0 Å². The average Bonchev–Trinajstić information content (AvgIpc) is 1.85. The third-order valence-electron chi connectivity index (χ3n) is 0. The fourth-order valence-corrected chi connectivity index (χ4v) is 0. The fourth-order valence-electron chi connectivity index (χ4n) is 0. The third-order valence-corrected chi connectivity index (χ3v) is 0. The summed E-state index contributed by atoms with van der Waals surface area (Å²) in [5.41, 5.74) is 17.9. The van der Waals surface area contributed by atoms with Crippen molar-refractivity contribution in [2.75, 3.05) is 13.2 Å². The van der Waals surface area contributed by atoms with E-state index in [2.05, 4.69) is 22.9 Å². The molecular weight excluding hydrogens is 204 g/mol. The molecule has 15 heavy (non-hydrogen) atoms. The zero-order valence-corrected chi connectivity index (χ0v) is 9.12. The van der Waals surface area contributed by atoms with Gasteiger partial charge >= 0.3 is 0 Å². The maximum atomic E-state index is 7.57. The molecule has 0 spiro atoms. The van der Waals surface area contributed by atoms with Gasteiger partial charge in [0, 0.05) is 13.2 Å². The second-order valence-corrected chi connectivity index (χ2v) is 1.54. The van der Waals surface area contributed by atoms with Gasteiger partial charge in [0.25, 0.3) is 0 Å². The van der Waals surface area contributed by atoms with E-state index in [-0.39, 0.29) is 30.6 Å². The summed E-state index contributed by atoms with van der Waals surface area (Å²) in [6, 6.07) is 0. The molecule has 0 saturated heterocycles. The van der Waals surface area contributed by atoms with E-state index < -0.39 is 0 Å².